The fourth-order valence-electron chi connectivity index (χ4n) is 3.79. The third kappa shape index (κ3) is 2.82. The molecule has 3 rings (SSSR count). The van der Waals surface area contributed by atoms with Crippen LogP contribution >= 0.6 is 0 Å². The molecule has 0 unspecified atom stereocenters. The average molecular weight is 356 g/mol. The van der Waals surface area contributed by atoms with Crippen LogP contribution in [0.4, 0.5) is 4.39 Å². The normalized spacial score (nSPS) is 28.0. The SMILES string of the molecule is CC(=O)N1C[C@@H]2CCN(S(=O)(=O)c3cccc(F)c3)C[C@]2(CO)C1. The van der Waals surface area contributed by atoms with Gasteiger partial charge < -0.3 is 10.0 Å². The number of piperidine rings is 1. The number of fused-ring (bicyclic) bond motifs is 1. The zero-order valence-corrected chi connectivity index (χ0v) is 14.3. The smallest absolute Gasteiger partial charge is 0.243 e. The minimum absolute atomic E-state index is 0.0724. The number of halogens is 1. The number of hydrogen-bond acceptors (Lipinski definition) is 4. The van der Waals surface area contributed by atoms with Gasteiger partial charge in [-0.1, -0.05) is 6.07 Å². The fraction of sp³-hybridized carbons (Fsp3) is 0.562. The molecule has 0 radical (unpaired) electrons. The van der Waals surface area contributed by atoms with Crippen LogP contribution in [-0.4, -0.2) is 61.4 Å². The summed E-state index contributed by atoms with van der Waals surface area (Å²) in [6.07, 6.45) is 0.568. The van der Waals surface area contributed by atoms with Gasteiger partial charge in [0.15, 0.2) is 0 Å². The number of rotatable bonds is 3. The third-order valence-corrected chi connectivity index (χ3v) is 7.07. The lowest BCUT2D eigenvalue weighted by atomic mass is 9.75. The molecule has 2 aliphatic rings. The van der Waals surface area contributed by atoms with Gasteiger partial charge in [0.25, 0.3) is 0 Å². The van der Waals surface area contributed by atoms with E-state index in [9.17, 15) is 22.7 Å². The van der Waals surface area contributed by atoms with E-state index in [1.165, 1.54) is 29.4 Å². The maximum atomic E-state index is 13.4. The Morgan fingerprint density at radius 2 is 2.17 bits per heavy atom. The number of hydrogen-bond donors (Lipinski definition) is 1. The van der Waals surface area contributed by atoms with E-state index in [0.717, 1.165) is 6.07 Å². The summed E-state index contributed by atoms with van der Waals surface area (Å²) in [7, 11) is -3.83. The number of benzene rings is 1. The zero-order valence-electron chi connectivity index (χ0n) is 13.5. The summed E-state index contributed by atoms with van der Waals surface area (Å²) >= 11 is 0. The number of likely N-dealkylation sites (tertiary alicyclic amines) is 1. The second kappa shape index (κ2) is 6.09. The molecule has 8 heteroatoms. The largest absolute Gasteiger partial charge is 0.396 e. The Morgan fingerprint density at radius 1 is 1.42 bits per heavy atom. The number of carbonyl (C=O) groups excluding carboxylic acids is 1. The van der Waals surface area contributed by atoms with Crippen LogP contribution in [-0.2, 0) is 14.8 Å². The van der Waals surface area contributed by atoms with E-state index in [-0.39, 0.29) is 29.9 Å². The van der Waals surface area contributed by atoms with Gasteiger partial charge in [0.2, 0.25) is 15.9 Å². The Bertz CT molecular complexity index is 754. The second-order valence-corrected chi connectivity index (χ2v) is 8.64. The van der Waals surface area contributed by atoms with Crippen molar-refractivity contribution in [2.75, 3.05) is 32.8 Å². The van der Waals surface area contributed by atoms with Crippen molar-refractivity contribution in [1.29, 1.82) is 0 Å². The predicted octanol–water partition coefficient (Wildman–Crippen LogP) is 0.677. The zero-order chi connectivity index (χ0) is 17.5. The topological polar surface area (TPSA) is 77.9 Å². The monoisotopic (exact) mass is 356 g/mol. The van der Waals surface area contributed by atoms with Crippen molar-refractivity contribution in [3.8, 4) is 0 Å². The minimum atomic E-state index is -3.83. The van der Waals surface area contributed by atoms with Crippen LogP contribution in [0.1, 0.15) is 13.3 Å². The maximum absolute atomic E-state index is 13.4. The molecule has 132 valence electrons. The quantitative estimate of drug-likeness (QED) is 0.864. The summed E-state index contributed by atoms with van der Waals surface area (Å²) in [5.41, 5.74) is -0.648. The predicted molar refractivity (Wildman–Crippen MR) is 85.0 cm³/mol. The first-order valence-corrected chi connectivity index (χ1v) is 9.35. The van der Waals surface area contributed by atoms with Crippen molar-refractivity contribution >= 4 is 15.9 Å². The highest BCUT2D eigenvalue weighted by atomic mass is 32.2. The molecule has 1 aromatic rings. The Labute approximate surface area is 140 Å². The first-order valence-electron chi connectivity index (χ1n) is 7.91. The molecule has 6 nitrogen and oxygen atoms in total. The molecule has 2 aliphatic heterocycles. The molecule has 0 aromatic heterocycles. The van der Waals surface area contributed by atoms with Crippen molar-refractivity contribution in [2.24, 2.45) is 11.3 Å². The van der Waals surface area contributed by atoms with E-state index in [1.54, 1.807) is 4.90 Å². The Balaban J connectivity index is 1.88. The number of nitrogens with zero attached hydrogens (tertiary/aromatic N) is 2. The van der Waals surface area contributed by atoms with E-state index in [1.807, 2.05) is 0 Å². The molecule has 1 N–H and O–H groups in total. The van der Waals surface area contributed by atoms with Crippen LogP contribution in [0.3, 0.4) is 0 Å². The van der Waals surface area contributed by atoms with Gasteiger partial charge in [-0.05, 0) is 30.5 Å². The van der Waals surface area contributed by atoms with Crippen LogP contribution in [0.5, 0.6) is 0 Å². The summed E-state index contributed by atoms with van der Waals surface area (Å²) in [6.45, 7) is 2.62. The molecular formula is C16H21FN2O4S. The van der Waals surface area contributed by atoms with Gasteiger partial charge in [0.05, 0.1) is 11.5 Å². The van der Waals surface area contributed by atoms with Crippen LogP contribution in [0.25, 0.3) is 0 Å². The van der Waals surface area contributed by atoms with Crippen molar-refractivity contribution in [2.45, 2.75) is 18.2 Å². The van der Waals surface area contributed by atoms with E-state index < -0.39 is 21.3 Å². The molecular weight excluding hydrogens is 335 g/mol. The van der Waals surface area contributed by atoms with Crippen molar-refractivity contribution < 1.29 is 22.7 Å². The van der Waals surface area contributed by atoms with E-state index in [4.69, 9.17) is 0 Å². The molecule has 2 heterocycles. The molecule has 2 saturated heterocycles. The van der Waals surface area contributed by atoms with Gasteiger partial charge in [-0.25, -0.2) is 12.8 Å². The van der Waals surface area contributed by atoms with Gasteiger partial charge in [-0.2, -0.15) is 4.31 Å². The Kier molecular flexibility index (Phi) is 4.39. The number of sulfonamides is 1. The first kappa shape index (κ1) is 17.3. The van der Waals surface area contributed by atoms with Gasteiger partial charge in [0, 0.05) is 38.5 Å². The molecule has 0 aliphatic carbocycles. The summed E-state index contributed by atoms with van der Waals surface area (Å²) < 4.78 is 40.3. The molecule has 2 atom stereocenters. The molecule has 0 spiro atoms. The summed E-state index contributed by atoms with van der Waals surface area (Å²) in [4.78, 5) is 13.2. The highest BCUT2D eigenvalue weighted by molar-refractivity contribution is 7.89. The number of carbonyl (C=O) groups is 1. The highest BCUT2D eigenvalue weighted by Crippen LogP contribution is 2.43. The summed E-state index contributed by atoms with van der Waals surface area (Å²) in [6, 6.07) is 4.93. The third-order valence-electron chi connectivity index (χ3n) is 5.22. The van der Waals surface area contributed by atoms with E-state index >= 15 is 0 Å². The lowest BCUT2D eigenvalue weighted by Crippen LogP contribution is -2.52. The van der Waals surface area contributed by atoms with Crippen molar-refractivity contribution in [1.82, 2.24) is 9.21 Å². The fourth-order valence-corrected chi connectivity index (χ4v) is 5.37. The second-order valence-electron chi connectivity index (χ2n) is 6.70. The van der Waals surface area contributed by atoms with Gasteiger partial charge in [0.1, 0.15) is 5.82 Å². The van der Waals surface area contributed by atoms with Crippen LogP contribution < -0.4 is 0 Å². The number of amides is 1. The number of aliphatic hydroxyl groups excluding tert-OH is 1. The van der Waals surface area contributed by atoms with E-state index in [2.05, 4.69) is 0 Å². The Morgan fingerprint density at radius 3 is 2.79 bits per heavy atom. The van der Waals surface area contributed by atoms with Gasteiger partial charge in [-0.15, -0.1) is 0 Å². The molecule has 1 amide bonds. The number of aliphatic hydroxyl groups is 1. The van der Waals surface area contributed by atoms with Gasteiger partial charge in [-0.3, -0.25) is 4.79 Å². The summed E-state index contributed by atoms with van der Waals surface area (Å²) in [5.74, 6) is -0.603. The van der Waals surface area contributed by atoms with Gasteiger partial charge >= 0.3 is 0 Å². The molecule has 0 saturated carbocycles. The molecule has 24 heavy (non-hydrogen) atoms. The lowest BCUT2D eigenvalue weighted by molar-refractivity contribution is -0.128. The van der Waals surface area contributed by atoms with E-state index in [0.29, 0.717) is 26.1 Å². The Hall–Kier alpha value is -1.51. The maximum Gasteiger partial charge on any atom is 0.243 e. The van der Waals surface area contributed by atoms with Crippen molar-refractivity contribution in [3.63, 3.8) is 0 Å². The first-order chi connectivity index (χ1) is 11.3. The van der Waals surface area contributed by atoms with Crippen molar-refractivity contribution in [3.05, 3.63) is 30.1 Å². The standard InChI is InChI=1S/C16H21FN2O4S/c1-12(21)18-8-13-5-6-19(10-16(13,9-18)11-20)24(22,23)15-4-2-3-14(17)7-15/h2-4,7,13,20H,5-6,8-11H2,1H3/t13-,16-/m0/s1. The van der Waals surface area contributed by atoms with Crippen LogP contribution in [0.2, 0.25) is 0 Å². The minimum Gasteiger partial charge on any atom is -0.396 e. The van der Waals surface area contributed by atoms with Crippen LogP contribution in [0, 0.1) is 17.2 Å². The molecule has 0 bridgehead atoms. The molecule has 2 fully saturated rings. The van der Waals surface area contributed by atoms with Crippen LogP contribution in [0.15, 0.2) is 29.2 Å². The lowest BCUT2D eigenvalue weighted by Gasteiger charge is -2.42. The summed E-state index contributed by atoms with van der Waals surface area (Å²) in [5, 5.41) is 9.93. The average Bonchev–Trinajstić information content (AvgIpc) is 2.94. The highest BCUT2D eigenvalue weighted by Gasteiger charge is 2.52. The molecule has 1 aromatic carbocycles.